The van der Waals surface area contributed by atoms with Crippen molar-refractivity contribution in [1.29, 1.82) is 0 Å². The van der Waals surface area contributed by atoms with E-state index in [2.05, 4.69) is 0 Å². The second-order valence-corrected chi connectivity index (χ2v) is 5.84. The molecule has 20 heavy (non-hydrogen) atoms. The van der Waals surface area contributed by atoms with Crippen molar-refractivity contribution in [3.05, 3.63) is 59.1 Å². The average Bonchev–Trinajstić information content (AvgIpc) is 2.46. The molecule has 2 aromatic rings. The summed E-state index contributed by atoms with van der Waals surface area (Å²) >= 11 is 7.51. The molecular formula is C16H15ClO2S. The lowest BCUT2D eigenvalue weighted by atomic mass is 10.2. The number of thioether (sulfide) groups is 1. The molecule has 2 rings (SSSR count). The quantitative estimate of drug-likeness (QED) is 0.439. The van der Waals surface area contributed by atoms with Crippen LogP contribution in [0.2, 0.25) is 5.02 Å². The summed E-state index contributed by atoms with van der Waals surface area (Å²) in [7, 11) is 0. The van der Waals surface area contributed by atoms with E-state index in [0.717, 1.165) is 22.0 Å². The minimum absolute atomic E-state index is 0.0904. The number of halogens is 1. The number of carbonyl (C=O) groups is 1. The van der Waals surface area contributed by atoms with E-state index in [0.29, 0.717) is 11.6 Å². The molecule has 4 heteroatoms. The summed E-state index contributed by atoms with van der Waals surface area (Å²) in [5, 5.41) is 0.706. The smallest absolute Gasteiger partial charge is 0.159 e. The molecule has 0 N–H and O–H groups in total. The largest absolute Gasteiger partial charge is 0.493 e. The van der Waals surface area contributed by atoms with E-state index in [1.165, 1.54) is 0 Å². The van der Waals surface area contributed by atoms with Crippen LogP contribution >= 0.6 is 23.4 Å². The Bertz CT molecular complexity index is 564. The fraction of sp³-hybridized carbons (Fsp3) is 0.188. The Morgan fingerprint density at radius 2 is 1.75 bits per heavy atom. The highest BCUT2D eigenvalue weighted by Gasteiger charge is 2.00. The number of ether oxygens (including phenoxy) is 1. The SMILES string of the molecule is CC(=O)c1ccc(SCCOc2ccc(Cl)cc2)cc1. The van der Waals surface area contributed by atoms with Crippen LogP contribution in [0.25, 0.3) is 0 Å². The minimum Gasteiger partial charge on any atom is -0.493 e. The van der Waals surface area contributed by atoms with Crippen LogP contribution in [0, 0.1) is 0 Å². The van der Waals surface area contributed by atoms with Gasteiger partial charge in [0.25, 0.3) is 0 Å². The third-order valence-electron chi connectivity index (χ3n) is 2.70. The van der Waals surface area contributed by atoms with Crippen molar-refractivity contribution in [3.63, 3.8) is 0 Å². The summed E-state index contributed by atoms with van der Waals surface area (Å²) in [6, 6.07) is 15.0. The summed E-state index contributed by atoms with van der Waals surface area (Å²) in [5.41, 5.74) is 0.742. The molecule has 0 amide bonds. The van der Waals surface area contributed by atoms with Crippen molar-refractivity contribution in [2.75, 3.05) is 12.4 Å². The molecule has 0 bridgehead atoms. The Morgan fingerprint density at radius 1 is 1.10 bits per heavy atom. The topological polar surface area (TPSA) is 26.3 Å². The van der Waals surface area contributed by atoms with Gasteiger partial charge in [-0.05, 0) is 43.3 Å². The second-order valence-electron chi connectivity index (χ2n) is 4.23. The van der Waals surface area contributed by atoms with E-state index in [-0.39, 0.29) is 5.78 Å². The molecule has 0 atom stereocenters. The maximum Gasteiger partial charge on any atom is 0.159 e. The second kappa shape index (κ2) is 7.36. The molecule has 0 heterocycles. The normalized spacial score (nSPS) is 10.3. The third kappa shape index (κ3) is 4.58. The van der Waals surface area contributed by atoms with E-state index in [9.17, 15) is 4.79 Å². The third-order valence-corrected chi connectivity index (χ3v) is 3.92. The molecule has 0 radical (unpaired) electrons. The lowest BCUT2D eigenvalue weighted by Crippen LogP contribution is -1.99. The van der Waals surface area contributed by atoms with Crippen molar-refractivity contribution in [1.82, 2.24) is 0 Å². The summed E-state index contributed by atoms with van der Waals surface area (Å²) in [6.45, 7) is 2.20. The van der Waals surface area contributed by atoms with Gasteiger partial charge in [0, 0.05) is 21.2 Å². The molecule has 0 aliphatic carbocycles. The number of Topliss-reactive ketones (excluding diaryl/α,β-unsaturated/α-hetero) is 1. The Balaban J connectivity index is 1.75. The van der Waals surface area contributed by atoms with E-state index in [4.69, 9.17) is 16.3 Å². The summed E-state index contributed by atoms with van der Waals surface area (Å²) in [4.78, 5) is 12.3. The molecule has 104 valence electrons. The maximum absolute atomic E-state index is 11.2. The molecule has 0 saturated heterocycles. The highest BCUT2D eigenvalue weighted by atomic mass is 35.5. The monoisotopic (exact) mass is 306 g/mol. The molecule has 2 aromatic carbocycles. The first-order chi connectivity index (χ1) is 9.65. The van der Waals surface area contributed by atoms with Gasteiger partial charge in [-0.3, -0.25) is 4.79 Å². The van der Waals surface area contributed by atoms with Gasteiger partial charge in [-0.25, -0.2) is 0 Å². The van der Waals surface area contributed by atoms with Crippen molar-refractivity contribution in [3.8, 4) is 5.75 Å². The van der Waals surface area contributed by atoms with Crippen LogP contribution in [-0.4, -0.2) is 18.1 Å². The van der Waals surface area contributed by atoms with Crippen molar-refractivity contribution in [2.24, 2.45) is 0 Å². The summed E-state index contributed by atoms with van der Waals surface area (Å²) in [5.74, 6) is 1.76. The Morgan fingerprint density at radius 3 is 2.35 bits per heavy atom. The average molecular weight is 307 g/mol. The molecular weight excluding hydrogens is 292 g/mol. The van der Waals surface area contributed by atoms with Gasteiger partial charge in [0.2, 0.25) is 0 Å². The Hall–Kier alpha value is -1.45. The predicted molar refractivity (Wildman–Crippen MR) is 84.1 cm³/mol. The molecule has 0 unspecified atom stereocenters. The van der Waals surface area contributed by atoms with Crippen molar-refractivity contribution < 1.29 is 9.53 Å². The molecule has 0 spiro atoms. The number of ketones is 1. The number of carbonyl (C=O) groups excluding carboxylic acids is 1. The Labute approximate surface area is 128 Å². The van der Waals surface area contributed by atoms with Crippen LogP contribution in [0.1, 0.15) is 17.3 Å². The van der Waals surface area contributed by atoms with Gasteiger partial charge in [0.15, 0.2) is 5.78 Å². The van der Waals surface area contributed by atoms with Crippen molar-refractivity contribution >= 4 is 29.1 Å². The van der Waals surface area contributed by atoms with Gasteiger partial charge in [-0.15, -0.1) is 11.8 Å². The maximum atomic E-state index is 11.2. The first-order valence-corrected chi connectivity index (χ1v) is 7.64. The predicted octanol–water partition coefficient (Wildman–Crippen LogP) is 4.71. The number of hydrogen-bond acceptors (Lipinski definition) is 3. The van der Waals surface area contributed by atoms with Crippen LogP contribution in [0.4, 0.5) is 0 Å². The lowest BCUT2D eigenvalue weighted by Gasteiger charge is -2.06. The molecule has 0 fully saturated rings. The molecule has 2 nitrogen and oxygen atoms in total. The van der Waals surface area contributed by atoms with Crippen LogP contribution in [0.3, 0.4) is 0 Å². The highest BCUT2D eigenvalue weighted by Crippen LogP contribution is 2.20. The molecule has 0 aliphatic heterocycles. The molecule has 0 aromatic heterocycles. The van der Waals surface area contributed by atoms with E-state index in [1.54, 1.807) is 18.7 Å². The number of hydrogen-bond donors (Lipinski definition) is 0. The molecule has 0 aliphatic rings. The zero-order chi connectivity index (χ0) is 14.4. The zero-order valence-electron chi connectivity index (χ0n) is 11.1. The van der Waals surface area contributed by atoms with Gasteiger partial charge < -0.3 is 4.74 Å². The van der Waals surface area contributed by atoms with Gasteiger partial charge in [0.05, 0.1) is 6.61 Å². The van der Waals surface area contributed by atoms with Crippen LogP contribution in [-0.2, 0) is 0 Å². The minimum atomic E-state index is 0.0904. The van der Waals surface area contributed by atoms with E-state index >= 15 is 0 Å². The van der Waals surface area contributed by atoms with Gasteiger partial charge in [0.1, 0.15) is 5.75 Å². The fourth-order valence-electron chi connectivity index (χ4n) is 1.64. The lowest BCUT2D eigenvalue weighted by molar-refractivity contribution is 0.101. The fourth-order valence-corrected chi connectivity index (χ4v) is 2.49. The van der Waals surface area contributed by atoms with E-state index in [1.807, 2.05) is 48.5 Å². The highest BCUT2D eigenvalue weighted by molar-refractivity contribution is 7.99. The van der Waals surface area contributed by atoms with E-state index < -0.39 is 0 Å². The summed E-state index contributed by atoms with van der Waals surface area (Å²) in [6.07, 6.45) is 0. The van der Waals surface area contributed by atoms with Gasteiger partial charge >= 0.3 is 0 Å². The van der Waals surface area contributed by atoms with Gasteiger partial charge in [-0.1, -0.05) is 23.7 Å². The standard InChI is InChI=1S/C16H15ClO2S/c1-12(18)13-2-8-16(9-3-13)20-11-10-19-15-6-4-14(17)5-7-15/h2-9H,10-11H2,1H3. The van der Waals surface area contributed by atoms with Crippen LogP contribution in [0.5, 0.6) is 5.75 Å². The molecule has 0 saturated carbocycles. The number of benzene rings is 2. The van der Waals surface area contributed by atoms with Crippen LogP contribution in [0.15, 0.2) is 53.4 Å². The first-order valence-electron chi connectivity index (χ1n) is 6.27. The number of rotatable bonds is 6. The summed E-state index contributed by atoms with van der Waals surface area (Å²) < 4.78 is 5.61. The van der Waals surface area contributed by atoms with Crippen LogP contribution < -0.4 is 4.74 Å². The van der Waals surface area contributed by atoms with Gasteiger partial charge in [-0.2, -0.15) is 0 Å². The zero-order valence-corrected chi connectivity index (χ0v) is 12.7. The Kier molecular flexibility index (Phi) is 5.50. The first kappa shape index (κ1) is 14.9. The van der Waals surface area contributed by atoms with Crippen molar-refractivity contribution in [2.45, 2.75) is 11.8 Å².